The molecule has 0 spiro atoms. The fourth-order valence-electron chi connectivity index (χ4n) is 3.61. The van der Waals surface area contributed by atoms with Crippen LogP contribution in [0.2, 0.25) is 5.02 Å². The molecule has 31 heavy (non-hydrogen) atoms. The lowest BCUT2D eigenvalue weighted by atomic mass is 10.1. The number of nitrogens with one attached hydrogen (secondary N) is 1. The molecule has 10 heteroatoms. The van der Waals surface area contributed by atoms with Crippen LogP contribution in [0, 0.1) is 16.7 Å². The molecule has 1 N–H and O–H groups in total. The van der Waals surface area contributed by atoms with E-state index in [4.69, 9.17) is 11.6 Å². The SMILES string of the molecule is N#CC1(C(=O)NCc2cnc(-c3ccc(Cl)c(C(F)(F)F)c3)nc2N2CCCC2)CC1. The maximum Gasteiger partial charge on any atom is 0.417 e. The van der Waals surface area contributed by atoms with E-state index in [1.54, 1.807) is 0 Å². The summed E-state index contributed by atoms with van der Waals surface area (Å²) in [5, 5.41) is 11.6. The van der Waals surface area contributed by atoms with Crippen LogP contribution in [-0.4, -0.2) is 29.0 Å². The van der Waals surface area contributed by atoms with Crippen molar-refractivity contribution in [1.82, 2.24) is 15.3 Å². The quantitative estimate of drug-likeness (QED) is 0.734. The molecule has 1 aliphatic carbocycles. The highest BCUT2D eigenvalue weighted by Crippen LogP contribution is 2.45. The standard InChI is InChI=1S/C21H19ClF3N5O/c22-16-4-3-13(9-15(16)21(23,24)25)17-27-10-14(18(29-17)30-7-1-2-8-30)11-28-19(31)20(12-26)5-6-20/h3-4,9-10H,1-2,5-8,11H2,(H,28,31). The zero-order chi connectivity index (χ0) is 22.2. The summed E-state index contributed by atoms with van der Waals surface area (Å²) in [6, 6.07) is 5.63. The van der Waals surface area contributed by atoms with Gasteiger partial charge in [-0.3, -0.25) is 4.79 Å². The van der Waals surface area contributed by atoms with Crippen molar-refractivity contribution < 1.29 is 18.0 Å². The van der Waals surface area contributed by atoms with Gasteiger partial charge in [0.25, 0.3) is 0 Å². The molecular formula is C21H19ClF3N5O. The zero-order valence-corrected chi connectivity index (χ0v) is 17.2. The van der Waals surface area contributed by atoms with Crippen molar-refractivity contribution in [2.75, 3.05) is 18.0 Å². The molecule has 2 heterocycles. The molecule has 2 aliphatic rings. The van der Waals surface area contributed by atoms with Gasteiger partial charge in [0.15, 0.2) is 5.82 Å². The van der Waals surface area contributed by atoms with Crippen LogP contribution in [0.5, 0.6) is 0 Å². The van der Waals surface area contributed by atoms with Crippen molar-refractivity contribution in [1.29, 1.82) is 5.26 Å². The maximum atomic E-state index is 13.2. The molecule has 2 aromatic rings. The summed E-state index contributed by atoms with van der Waals surface area (Å²) in [4.78, 5) is 23.1. The fourth-order valence-corrected chi connectivity index (χ4v) is 3.83. The Morgan fingerprint density at radius 3 is 2.61 bits per heavy atom. The summed E-state index contributed by atoms with van der Waals surface area (Å²) in [5.74, 6) is 0.405. The Balaban J connectivity index is 1.65. The molecule has 1 aromatic carbocycles. The topological polar surface area (TPSA) is 81.9 Å². The number of nitrogens with zero attached hydrogens (tertiary/aromatic N) is 4. The van der Waals surface area contributed by atoms with Gasteiger partial charge in [-0.05, 0) is 43.9 Å². The van der Waals surface area contributed by atoms with E-state index in [1.165, 1.54) is 18.3 Å². The number of carbonyl (C=O) groups is 1. The van der Waals surface area contributed by atoms with Crippen LogP contribution >= 0.6 is 11.6 Å². The van der Waals surface area contributed by atoms with E-state index in [0.29, 0.717) is 24.2 Å². The minimum Gasteiger partial charge on any atom is -0.356 e. The first-order valence-corrected chi connectivity index (χ1v) is 10.3. The average molecular weight is 450 g/mol. The fraction of sp³-hybridized carbons (Fsp3) is 0.429. The summed E-state index contributed by atoms with van der Waals surface area (Å²) in [7, 11) is 0. The molecule has 1 saturated heterocycles. The summed E-state index contributed by atoms with van der Waals surface area (Å²) >= 11 is 5.72. The van der Waals surface area contributed by atoms with Crippen LogP contribution in [0.4, 0.5) is 19.0 Å². The summed E-state index contributed by atoms with van der Waals surface area (Å²) in [6.45, 7) is 1.66. The molecule has 0 unspecified atom stereocenters. The van der Waals surface area contributed by atoms with E-state index in [-0.39, 0.29) is 28.9 Å². The molecule has 1 saturated carbocycles. The first kappa shape index (κ1) is 21.4. The Morgan fingerprint density at radius 1 is 1.29 bits per heavy atom. The minimum atomic E-state index is -4.59. The van der Waals surface area contributed by atoms with Crippen molar-refractivity contribution in [3.05, 3.63) is 40.5 Å². The Morgan fingerprint density at radius 2 is 2.00 bits per heavy atom. The van der Waals surface area contributed by atoms with E-state index < -0.39 is 17.2 Å². The highest BCUT2D eigenvalue weighted by molar-refractivity contribution is 6.31. The first-order valence-electron chi connectivity index (χ1n) is 9.91. The molecule has 1 amide bonds. The van der Waals surface area contributed by atoms with Gasteiger partial charge in [-0.15, -0.1) is 0 Å². The van der Waals surface area contributed by atoms with Gasteiger partial charge in [-0.2, -0.15) is 18.4 Å². The zero-order valence-electron chi connectivity index (χ0n) is 16.5. The second kappa shape index (κ2) is 8.00. The van der Waals surface area contributed by atoms with Gasteiger partial charge in [0.1, 0.15) is 11.2 Å². The smallest absolute Gasteiger partial charge is 0.356 e. The van der Waals surface area contributed by atoms with E-state index in [1.807, 2.05) is 4.90 Å². The molecule has 0 bridgehead atoms. The summed E-state index contributed by atoms with van der Waals surface area (Å²) < 4.78 is 39.7. The Kier molecular flexibility index (Phi) is 5.52. The predicted molar refractivity (Wildman–Crippen MR) is 108 cm³/mol. The number of benzene rings is 1. The largest absolute Gasteiger partial charge is 0.417 e. The van der Waals surface area contributed by atoms with E-state index in [9.17, 15) is 23.2 Å². The molecule has 0 radical (unpaired) electrons. The maximum absolute atomic E-state index is 13.2. The summed E-state index contributed by atoms with van der Waals surface area (Å²) in [6.07, 6.45) is -0.0356. The third-order valence-electron chi connectivity index (χ3n) is 5.62. The van der Waals surface area contributed by atoms with Crippen molar-refractivity contribution in [3.63, 3.8) is 0 Å². The third-order valence-corrected chi connectivity index (χ3v) is 5.94. The van der Waals surface area contributed by atoms with Gasteiger partial charge in [-0.1, -0.05) is 11.6 Å². The van der Waals surface area contributed by atoms with Gasteiger partial charge in [0.2, 0.25) is 5.91 Å². The Bertz CT molecular complexity index is 1060. The lowest BCUT2D eigenvalue weighted by molar-refractivity contribution is -0.137. The van der Waals surface area contributed by atoms with Gasteiger partial charge in [-0.25, -0.2) is 9.97 Å². The van der Waals surface area contributed by atoms with Crippen molar-refractivity contribution >= 4 is 23.3 Å². The number of alkyl halides is 3. The second-order valence-corrected chi connectivity index (χ2v) is 8.21. The van der Waals surface area contributed by atoms with Crippen molar-refractivity contribution in [2.24, 2.45) is 5.41 Å². The van der Waals surface area contributed by atoms with Crippen LogP contribution in [0.1, 0.15) is 36.8 Å². The number of anilines is 1. The highest BCUT2D eigenvalue weighted by atomic mass is 35.5. The Hall–Kier alpha value is -2.86. The Labute approximate surface area is 182 Å². The molecule has 6 nitrogen and oxygen atoms in total. The lowest BCUT2D eigenvalue weighted by Crippen LogP contribution is -2.32. The molecule has 162 valence electrons. The molecule has 1 aliphatic heterocycles. The van der Waals surface area contributed by atoms with E-state index in [0.717, 1.165) is 32.0 Å². The number of carbonyl (C=O) groups excluding carboxylic acids is 1. The van der Waals surface area contributed by atoms with Crippen LogP contribution in [-0.2, 0) is 17.5 Å². The molecule has 4 rings (SSSR count). The predicted octanol–water partition coefficient (Wildman–Crippen LogP) is 4.34. The number of hydrogen-bond acceptors (Lipinski definition) is 5. The van der Waals surface area contributed by atoms with Crippen LogP contribution < -0.4 is 10.2 Å². The second-order valence-electron chi connectivity index (χ2n) is 7.81. The van der Waals surface area contributed by atoms with Crippen LogP contribution in [0.25, 0.3) is 11.4 Å². The monoisotopic (exact) mass is 449 g/mol. The minimum absolute atomic E-state index is 0.142. The number of aromatic nitrogens is 2. The molecular weight excluding hydrogens is 431 g/mol. The third kappa shape index (κ3) is 4.30. The molecule has 0 atom stereocenters. The van der Waals surface area contributed by atoms with Gasteiger partial charge in [0.05, 0.1) is 16.7 Å². The van der Waals surface area contributed by atoms with E-state index in [2.05, 4.69) is 21.4 Å². The van der Waals surface area contributed by atoms with Crippen LogP contribution in [0.15, 0.2) is 24.4 Å². The number of nitriles is 1. The van der Waals surface area contributed by atoms with Crippen molar-refractivity contribution in [3.8, 4) is 17.5 Å². The number of amides is 1. The van der Waals surface area contributed by atoms with E-state index >= 15 is 0 Å². The molecule has 2 fully saturated rings. The van der Waals surface area contributed by atoms with Gasteiger partial charge < -0.3 is 10.2 Å². The lowest BCUT2D eigenvalue weighted by Gasteiger charge is -2.21. The number of rotatable bonds is 5. The van der Waals surface area contributed by atoms with Crippen molar-refractivity contribution in [2.45, 2.75) is 38.4 Å². The highest BCUT2D eigenvalue weighted by Gasteiger charge is 2.50. The first-order chi connectivity index (χ1) is 14.7. The summed E-state index contributed by atoms with van der Waals surface area (Å²) in [5.41, 5.74) is -1.03. The number of hydrogen-bond donors (Lipinski definition) is 1. The number of halogens is 4. The van der Waals surface area contributed by atoms with Crippen LogP contribution in [0.3, 0.4) is 0 Å². The molecule has 1 aromatic heterocycles. The van der Waals surface area contributed by atoms with Gasteiger partial charge in [0, 0.05) is 37.0 Å². The average Bonchev–Trinajstić information content (AvgIpc) is 3.36. The normalized spacial score (nSPS) is 17.3. The van der Waals surface area contributed by atoms with Gasteiger partial charge >= 0.3 is 6.18 Å².